The molecule has 3 heterocycles. The van der Waals surface area contributed by atoms with Gasteiger partial charge in [-0.3, -0.25) is 0 Å². The second kappa shape index (κ2) is 13.4. The van der Waals surface area contributed by atoms with Crippen molar-refractivity contribution in [3.05, 3.63) is 163 Å². The number of rotatable bonds is 8. The zero-order valence-corrected chi connectivity index (χ0v) is 30.2. The van der Waals surface area contributed by atoms with Crippen LogP contribution in [0.4, 0.5) is 0 Å². The summed E-state index contributed by atoms with van der Waals surface area (Å²) in [6.45, 7) is -0.0145. The van der Waals surface area contributed by atoms with Gasteiger partial charge in [0.1, 0.15) is 5.75 Å². The highest BCUT2D eigenvalue weighted by atomic mass is 32.1. The number of ether oxygens (including phenoxy) is 1. The van der Waals surface area contributed by atoms with E-state index < -0.39 is 0 Å². The summed E-state index contributed by atoms with van der Waals surface area (Å²) in [7, 11) is 1.74. The molecule has 5 heteroatoms. The maximum atomic E-state index is 10.4. The molecule has 0 aliphatic rings. The van der Waals surface area contributed by atoms with Gasteiger partial charge in [-0.15, -0.1) is 34.0 Å². The average Bonchev–Trinajstić information content (AvgIpc) is 3.89. The third-order valence-electron chi connectivity index (χ3n) is 9.38. The first kappa shape index (κ1) is 31.7. The van der Waals surface area contributed by atoms with E-state index in [2.05, 4.69) is 158 Å². The highest BCUT2D eigenvalue weighted by Crippen LogP contribution is 2.53. The Kier molecular flexibility index (Phi) is 8.34. The molecule has 0 radical (unpaired) electrons. The molecule has 0 atom stereocenters. The van der Waals surface area contributed by atoms with Crippen molar-refractivity contribution in [1.29, 1.82) is 0 Å². The van der Waals surface area contributed by atoms with E-state index in [1.807, 2.05) is 34.0 Å². The smallest absolute Gasteiger partial charge is 0.120 e. The number of hydrogen-bond donors (Lipinski definition) is 1. The number of thiophene rings is 3. The molecule has 0 spiro atoms. The van der Waals surface area contributed by atoms with Crippen LogP contribution in [0.2, 0.25) is 0 Å². The molecule has 0 saturated carbocycles. The van der Waals surface area contributed by atoms with Crippen LogP contribution in [0.25, 0.3) is 84.2 Å². The summed E-state index contributed by atoms with van der Waals surface area (Å²) in [6.07, 6.45) is 0. The summed E-state index contributed by atoms with van der Waals surface area (Å²) in [6, 6.07) is 55.8. The molecule has 3 aromatic heterocycles. The Labute approximate surface area is 309 Å². The van der Waals surface area contributed by atoms with Gasteiger partial charge >= 0.3 is 0 Å². The molecule has 0 saturated heterocycles. The van der Waals surface area contributed by atoms with Gasteiger partial charge in [0, 0.05) is 30.3 Å². The Morgan fingerprint density at radius 1 is 0.451 bits per heavy atom. The zero-order valence-electron chi connectivity index (χ0n) is 27.8. The highest BCUT2D eigenvalue weighted by molar-refractivity contribution is 7.40. The molecule has 0 amide bonds. The average molecular weight is 713 g/mol. The fourth-order valence-electron chi connectivity index (χ4n) is 7.02. The molecule has 1 N–H and O–H groups in total. The van der Waals surface area contributed by atoms with E-state index in [4.69, 9.17) is 4.74 Å². The summed E-state index contributed by atoms with van der Waals surface area (Å²) in [5.41, 5.74) is 12.5. The largest absolute Gasteiger partial charge is 0.497 e. The van der Waals surface area contributed by atoms with Gasteiger partial charge in [0.25, 0.3) is 0 Å². The summed E-state index contributed by atoms with van der Waals surface area (Å²) in [5.74, 6) is 0.843. The standard InChI is InChI=1S/C46H32O2S3/c1-48-34-24-37(32-18-10-4-11-19-32)44(38(25-34)33-20-12-5-13-21-33)40-27-42-46(51-40)45-41(49-42)26-39(50-45)43-35(30-14-6-2-7-15-30)22-29(28-47)23-36(43)31-16-8-3-9-17-31/h2-27,47H,28H2,1H3. The van der Waals surface area contributed by atoms with Crippen LogP contribution < -0.4 is 4.74 Å². The van der Waals surface area contributed by atoms with E-state index in [9.17, 15) is 5.11 Å². The Bertz CT molecular complexity index is 2330. The van der Waals surface area contributed by atoms with Crippen LogP contribution in [0, 0.1) is 0 Å². The van der Waals surface area contributed by atoms with Crippen molar-refractivity contribution >= 4 is 52.8 Å². The molecule has 0 aliphatic heterocycles. The van der Waals surface area contributed by atoms with Crippen molar-refractivity contribution in [2.45, 2.75) is 6.61 Å². The van der Waals surface area contributed by atoms with Crippen LogP contribution in [0.1, 0.15) is 5.56 Å². The van der Waals surface area contributed by atoms with Crippen LogP contribution in [0.5, 0.6) is 5.75 Å². The fourth-order valence-corrected chi connectivity index (χ4v) is 11.2. The monoisotopic (exact) mass is 712 g/mol. The van der Waals surface area contributed by atoms with Gasteiger partial charge in [-0.25, -0.2) is 0 Å². The molecular weight excluding hydrogens is 681 g/mol. The highest BCUT2D eigenvalue weighted by Gasteiger charge is 2.23. The molecule has 0 aliphatic carbocycles. The van der Waals surface area contributed by atoms with E-state index in [0.29, 0.717) is 0 Å². The van der Waals surface area contributed by atoms with Crippen LogP contribution >= 0.6 is 34.0 Å². The number of aliphatic hydroxyl groups excluding tert-OH is 1. The topological polar surface area (TPSA) is 29.5 Å². The summed E-state index contributed by atoms with van der Waals surface area (Å²) in [4.78, 5) is 2.48. The van der Waals surface area contributed by atoms with Crippen LogP contribution in [-0.2, 0) is 6.61 Å². The maximum Gasteiger partial charge on any atom is 0.120 e. The number of fused-ring (bicyclic) bond motifs is 3. The quantitative estimate of drug-likeness (QED) is 0.170. The van der Waals surface area contributed by atoms with Crippen molar-refractivity contribution < 1.29 is 9.84 Å². The lowest BCUT2D eigenvalue weighted by Crippen LogP contribution is -1.93. The Balaban J connectivity index is 1.27. The van der Waals surface area contributed by atoms with E-state index in [-0.39, 0.29) is 6.61 Å². The molecule has 9 aromatic rings. The predicted octanol–water partition coefficient (Wildman–Crippen LogP) is 13.7. The molecule has 6 aromatic carbocycles. The second-order valence-corrected chi connectivity index (χ2v) is 15.7. The van der Waals surface area contributed by atoms with E-state index in [1.165, 1.54) is 39.7 Å². The van der Waals surface area contributed by atoms with Crippen LogP contribution in [0.3, 0.4) is 0 Å². The van der Waals surface area contributed by atoms with Gasteiger partial charge in [0.2, 0.25) is 0 Å². The zero-order chi connectivity index (χ0) is 34.3. The predicted molar refractivity (Wildman–Crippen MR) is 220 cm³/mol. The minimum absolute atomic E-state index is 0.0145. The summed E-state index contributed by atoms with van der Waals surface area (Å²) < 4.78 is 11.1. The van der Waals surface area contributed by atoms with Crippen molar-refractivity contribution in [1.82, 2.24) is 0 Å². The summed E-state index contributed by atoms with van der Waals surface area (Å²) in [5, 5.41) is 10.4. The molecule has 0 fully saturated rings. The third-order valence-corrected chi connectivity index (χ3v) is 13.2. The first-order valence-corrected chi connectivity index (χ1v) is 19.3. The van der Waals surface area contributed by atoms with Gasteiger partial charge in [0.15, 0.2) is 0 Å². The molecule has 51 heavy (non-hydrogen) atoms. The first-order valence-electron chi connectivity index (χ1n) is 16.9. The molecule has 9 rings (SSSR count). The van der Waals surface area contributed by atoms with E-state index in [0.717, 1.165) is 55.8 Å². The van der Waals surface area contributed by atoms with Crippen molar-refractivity contribution in [3.63, 3.8) is 0 Å². The SMILES string of the molecule is COc1cc(-c2ccccc2)c(-c2cc3sc4cc(-c5c(-c6ccccc6)cc(CO)cc5-c5ccccc5)sc4c3s2)c(-c2ccccc2)c1. The molecule has 246 valence electrons. The number of benzene rings is 6. The van der Waals surface area contributed by atoms with Crippen LogP contribution in [0.15, 0.2) is 158 Å². The normalized spacial score (nSPS) is 11.4. The maximum absolute atomic E-state index is 10.4. The van der Waals surface area contributed by atoms with Crippen LogP contribution in [-0.4, -0.2) is 12.2 Å². The molecule has 2 nitrogen and oxygen atoms in total. The molecule has 0 unspecified atom stereocenters. The lowest BCUT2D eigenvalue weighted by atomic mass is 9.89. The van der Waals surface area contributed by atoms with Crippen molar-refractivity contribution in [2.24, 2.45) is 0 Å². The number of aliphatic hydroxyl groups is 1. The number of methoxy groups -OCH3 is 1. The Morgan fingerprint density at radius 2 is 0.804 bits per heavy atom. The minimum atomic E-state index is -0.0145. The van der Waals surface area contributed by atoms with Gasteiger partial charge < -0.3 is 9.84 Å². The lowest BCUT2D eigenvalue weighted by Gasteiger charge is -2.17. The van der Waals surface area contributed by atoms with E-state index in [1.54, 1.807) is 7.11 Å². The van der Waals surface area contributed by atoms with Gasteiger partial charge in [-0.05, 0) is 86.5 Å². The summed E-state index contributed by atoms with van der Waals surface area (Å²) >= 11 is 5.62. The second-order valence-electron chi connectivity index (χ2n) is 12.5. The minimum Gasteiger partial charge on any atom is -0.497 e. The third kappa shape index (κ3) is 5.78. The lowest BCUT2D eigenvalue weighted by molar-refractivity contribution is 0.282. The van der Waals surface area contributed by atoms with Gasteiger partial charge in [-0.2, -0.15) is 0 Å². The number of hydrogen-bond acceptors (Lipinski definition) is 5. The van der Waals surface area contributed by atoms with E-state index >= 15 is 0 Å². The van der Waals surface area contributed by atoms with Gasteiger partial charge in [0.05, 0.1) is 23.1 Å². The van der Waals surface area contributed by atoms with Crippen molar-refractivity contribution in [2.75, 3.05) is 7.11 Å². The Hall–Kier alpha value is -5.30. The Morgan fingerprint density at radius 3 is 1.14 bits per heavy atom. The van der Waals surface area contributed by atoms with Crippen molar-refractivity contribution in [3.8, 4) is 71.1 Å². The molecule has 0 bridgehead atoms. The fraction of sp³-hybridized carbons (Fsp3) is 0.0435. The molecular formula is C46H32O2S3. The van der Waals surface area contributed by atoms with Gasteiger partial charge in [-0.1, -0.05) is 121 Å². The first-order chi connectivity index (χ1) is 25.2.